The van der Waals surface area contributed by atoms with Crippen LogP contribution in [0, 0.1) is 0 Å². The van der Waals surface area contributed by atoms with Crippen LogP contribution in [0.1, 0.15) is 39.2 Å². The molecule has 1 aromatic rings. The van der Waals surface area contributed by atoms with Gasteiger partial charge in [0.15, 0.2) is 0 Å². The summed E-state index contributed by atoms with van der Waals surface area (Å²) in [6.07, 6.45) is 8.92. The highest BCUT2D eigenvalue weighted by Crippen LogP contribution is 2.46. The lowest BCUT2D eigenvalue weighted by Crippen LogP contribution is -2.19. The Balaban J connectivity index is 2.43. The van der Waals surface area contributed by atoms with Crippen molar-refractivity contribution in [3.05, 3.63) is 54.1 Å². The monoisotopic (exact) mass is 258 g/mol. The van der Waals surface area contributed by atoms with E-state index in [9.17, 15) is 0 Å². The van der Waals surface area contributed by atoms with E-state index in [1.54, 1.807) is 5.30 Å². The van der Waals surface area contributed by atoms with Crippen molar-refractivity contribution in [3.8, 4) is 0 Å². The lowest BCUT2D eigenvalue weighted by Gasteiger charge is -2.29. The van der Waals surface area contributed by atoms with Crippen LogP contribution >= 0.6 is 7.92 Å². The van der Waals surface area contributed by atoms with Crippen LogP contribution in [0.5, 0.6) is 0 Å². The van der Waals surface area contributed by atoms with Crippen molar-refractivity contribution >= 4 is 13.2 Å². The lowest BCUT2D eigenvalue weighted by molar-refractivity contribution is 1.01. The normalized spacial score (nSPS) is 15.5. The minimum absolute atomic E-state index is 0.0784. The number of allylic oxidation sites excluding steroid dienone is 4. The SMILES string of the molecule is CC(C)P(c1ccccc1C1C=CC=C1)C(C)C. The highest BCUT2D eigenvalue weighted by atomic mass is 31.1. The van der Waals surface area contributed by atoms with E-state index in [-0.39, 0.29) is 7.92 Å². The minimum atomic E-state index is -0.0784. The van der Waals surface area contributed by atoms with Gasteiger partial charge in [0, 0.05) is 5.92 Å². The zero-order valence-electron chi connectivity index (χ0n) is 11.8. The summed E-state index contributed by atoms with van der Waals surface area (Å²) in [7, 11) is -0.0784. The van der Waals surface area contributed by atoms with Gasteiger partial charge in [-0.05, 0) is 22.2 Å². The molecule has 2 rings (SSSR count). The fourth-order valence-electron chi connectivity index (χ4n) is 2.80. The fraction of sp³-hybridized carbons (Fsp3) is 0.412. The van der Waals surface area contributed by atoms with Crippen molar-refractivity contribution in [2.24, 2.45) is 0 Å². The van der Waals surface area contributed by atoms with E-state index in [0.717, 1.165) is 11.3 Å². The van der Waals surface area contributed by atoms with E-state index in [1.165, 1.54) is 5.56 Å². The molecule has 0 heterocycles. The van der Waals surface area contributed by atoms with Crippen molar-refractivity contribution in [1.82, 2.24) is 0 Å². The van der Waals surface area contributed by atoms with Crippen LogP contribution in [0.25, 0.3) is 0 Å². The summed E-state index contributed by atoms with van der Waals surface area (Å²) in [5, 5.41) is 1.60. The van der Waals surface area contributed by atoms with Gasteiger partial charge in [0.1, 0.15) is 0 Å². The summed E-state index contributed by atoms with van der Waals surface area (Å²) >= 11 is 0. The summed E-state index contributed by atoms with van der Waals surface area (Å²) < 4.78 is 0. The van der Waals surface area contributed by atoms with E-state index >= 15 is 0 Å². The molecule has 1 heteroatoms. The summed E-state index contributed by atoms with van der Waals surface area (Å²) in [5.41, 5.74) is 3.00. The van der Waals surface area contributed by atoms with Gasteiger partial charge in [-0.2, -0.15) is 0 Å². The van der Waals surface area contributed by atoms with E-state index < -0.39 is 0 Å². The maximum Gasteiger partial charge on any atom is 0.0211 e. The summed E-state index contributed by atoms with van der Waals surface area (Å²) in [6.45, 7) is 9.46. The van der Waals surface area contributed by atoms with Crippen molar-refractivity contribution in [2.75, 3.05) is 0 Å². The van der Waals surface area contributed by atoms with Crippen molar-refractivity contribution in [2.45, 2.75) is 44.9 Å². The zero-order chi connectivity index (χ0) is 13.1. The molecule has 18 heavy (non-hydrogen) atoms. The van der Waals surface area contributed by atoms with Gasteiger partial charge in [0.05, 0.1) is 0 Å². The Morgan fingerprint density at radius 1 is 0.889 bits per heavy atom. The van der Waals surface area contributed by atoms with Crippen LogP contribution in [0.3, 0.4) is 0 Å². The summed E-state index contributed by atoms with van der Waals surface area (Å²) in [6, 6.07) is 9.02. The average Bonchev–Trinajstić information content (AvgIpc) is 2.82. The predicted octanol–water partition coefficient (Wildman–Crippen LogP) is 4.82. The number of hydrogen-bond donors (Lipinski definition) is 0. The Hall–Kier alpha value is -0.870. The average molecular weight is 258 g/mol. The van der Waals surface area contributed by atoms with Gasteiger partial charge >= 0.3 is 0 Å². The largest absolute Gasteiger partial charge is 0.0732 e. The van der Waals surface area contributed by atoms with Crippen LogP contribution in [0.4, 0.5) is 0 Å². The molecule has 0 aliphatic heterocycles. The number of hydrogen-bond acceptors (Lipinski definition) is 0. The van der Waals surface area contributed by atoms with Gasteiger partial charge in [-0.15, -0.1) is 0 Å². The molecule has 0 spiro atoms. The first-order chi connectivity index (χ1) is 8.61. The molecule has 0 saturated heterocycles. The Kier molecular flexibility index (Phi) is 4.40. The van der Waals surface area contributed by atoms with Crippen molar-refractivity contribution in [3.63, 3.8) is 0 Å². The maximum atomic E-state index is 2.36. The van der Waals surface area contributed by atoms with Crippen molar-refractivity contribution in [1.29, 1.82) is 0 Å². The van der Waals surface area contributed by atoms with E-state index in [0.29, 0.717) is 5.92 Å². The summed E-state index contributed by atoms with van der Waals surface area (Å²) in [5.74, 6) is 0.490. The van der Waals surface area contributed by atoms with Gasteiger partial charge in [-0.1, -0.05) is 84.2 Å². The van der Waals surface area contributed by atoms with Crippen LogP contribution in [-0.2, 0) is 0 Å². The van der Waals surface area contributed by atoms with Gasteiger partial charge in [-0.3, -0.25) is 0 Å². The van der Waals surface area contributed by atoms with Crippen LogP contribution in [-0.4, -0.2) is 11.3 Å². The van der Waals surface area contributed by atoms with Crippen LogP contribution < -0.4 is 5.30 Å². The second kappa shape index (κ2) is 5.85. The third kappa shape index (κ3) is 2.75. The Labute approximate surface area is 113 Å². The second-order valence-electron chi connectivity index (χ2n) is 5.45. The minimum Gasteiger partial charge on any atom is -0.0732 e. The fourth-order valence-corrected chi connectivity index (χ4v) is 5.88. The standard InChI is InChI=1S/C17H23P/c1-13(2)18(14(3)4)17-12-8-7-11-16(17)15-9-5-6-10-15/h5-15H,1-4H3. The second-order valence-corrected chi connectivity index (χ2v) is 8.81. The smallest absolute Gasteiger partial charge is 0.0211 e. The van der Waals surface area contributed by atoms with E-state index in [4.69, 9.17) is 0 Å². The highest BCUT2D eigenvalue weighted by Gasteiger charge is 2.23. The quantitative estimate of drug-likeness (QED) is 0.679. The number of rotatable bonds is 4. The molecule has 0 radical (unpaired) electrons. The maximum absolute atomic E-state index is 2.36. The Bertz CT molecular complexity index is 434. The molecular weight excluding hydrogens is 235 g/mol. The van der Waals surface area contributed by atoms with Gasteiger partial charge in [0.25, 0.3) is 0 Å². The topological polar surface area (TPSA) is 0 Å². The molecule has 0 aromatic heterocycles. The number of benzene rings is 1. The summed E-state index contributed by atoms with van der Waals surface area (Å²) in [4.78, 5) is 0. The van der Waals surface area contributed by atoms with Crippen LogP contribution in [0.15, 0.2) is 48.6 Å². The molecule has 96 valence electrons. The first-order valence-corrected chi connectivity index (χ1v) is 8.31. The molecule has 1 aromatic carbocycles. The molecule has 0 fully saturated rings. The molecule has 0 N–H and O–H groups in total. The van der Waals surface area contributed by atoms with E-state index in [2.05, 4.69) is 76.3 Å². The highest BCUT2D eigenvalue weighted by molar-refractivity contribution is 7.67. The Morgan fingerprint density at radius 2 is 1.44 bits per heavy atom. The molecule has 0 saturated carbocycles. The predicted molar refractivity (Wildman–Crippen MR) is 84.3 cm³/mol. The third-order valence-electron chi connectivity index (χ3n) is 3.43. The third-order valence-corrected chi connectivity index (χ3v) is 6.62. The molecule has 0 bridgehead atoms. The van der Waals surface area contributed by atoms with E-state index in [1.807, 2.05) is 0 Å². The molecule has 1 aliphatic rings. The van der Waals surface area contributed by atoms with Crippen molar-refractivity contribution < 1.29 is 0 Å². The zero-order valence-corrected chi connectivity index (χ0v) is 12.7. The first kappa shape index (κ1) is 13.6. The van der Waals surface area contributed by atoms with Gasteiger partial charge in [-0.25, -0.2) is 0 Å². The van der Waals surface area contributed by atoms with Crippen LogP contribution in [0.2, 0.25) is 0 Å². The molecule has 0 atom stereocenters. The molecular formula is C17H23P. The molecule has 0 amide bonds. The molecule has 0 unspecified atom stereocenters. The van der Waals surface area contributed by atoms with Gasteiger partial charge < -0.3 is 0 Å². The molecule has 1 aliphatic carbocycles. The Morgan fingerprint density at radius 3 is 2.00 bits per heavy atom. The lowest BCUT2D eigenvalue weighted by atomic mass is 10.0. The molecule has 0 nitrogen and oxygen atoms in total. The van der Waals surface area contributed by atoms with Gasteiger partial charge in [0.2, 0.25) is 0 Å². The first-order valence-electron chi connectivity index (χ1n) is 6.83.